The summed E-state index contributed by atoms with van der Waals surface area (Å²) in [6.07, 6.45) is 0.182. The average molecular weight is 327 g/mol. The molecular formula is C15H21NO5S. The molecule has 1 aliphatic rings. The van der Waals surface area contributed by atoms with Crippen LogP contribution in [0.5, 0.6) is 0 Å². The molecule has 1 aromatic carbocycles. The lowest BCUT2D eigenvalue weighted by Crippen LogP contribution is -2.51. The Hall–Kier alpha value is -1.44. The van der Waals surface area contributed by atoms with Crippen LogP contribution in [0.25, 0.3) is 0 Å². The summed E-state index contributed by atoms with van der Waals surface area (Å²) in [5.74, 6) is -0.722. The molecule has 1 fully saturated rings. The number of aliphatic hydroxyl groups is 1. The van der Waals surface area contributed by atoms with E-state index in [4.69, 9.17) is 4.74 Å². The first-order valence-electron chi connectivity index (χ1n) is 7.17. The zero-order valence-electron chi connectivity index (χ0n) is 12.9. The molecule has 0 amide bonds. The summed E-state index contributed by atoms with van der Waals surface area (Å²) < 4.78 is 31.5. The molecule has 6 nitrogen and oxygen atoms in total. The maximum atomic E-state index is 12.8. The van der Waals surface area contributed by atoms with Gasteiger partial charge in [0.1, 0.15) is 0 Å². The van der Waals surface area contributed by atoms with Crippen molar-refractivity contribution < 1.29 is 23.1 Å². The van der Waals surface area contributed by atoms with E-state index in [1.54, 1.807) is 19.1 Å². The standard InChI is InChI=1S/C15H21NO5S/c1-4-21-14(17)13-15(3,18)9-10-16(13)22(19,20)12-7-5-11(2)6-8-12/h5-8,13,18H,4,9-10H2,1-3H3/t13-,15-/m0/s1. The Balaban J connectivity index is 2.40. The predicted octanol–water partition coefficient (Wildman–Crippen LogP) is 1.07. The van der Waals surface area contributed by atoms with Gasteiger partial charge in [0.25, 0.3) is 0 Å². The van der Waals surface area contributed by atoms with Crippen molar-refractivity contribution in [3.63, 3.8) is 0 Å². The van der Waals surface area contributed by atoms with Crippen molar-refractivity contribution in [3.05, 3.63) is 29.8 Å². The maximum Gasteiger partial charge on any atom is 0.327 e. The number of sulfonamides is 1. The molecule has 2 atom stereocenters. The Morgan fingerprint density at radius 3 is 2.55 bits per heavy atom. The molecule has 0 aliphatic carbocycles. The fourth-order valence-corrected chi connectivity index (χ4v) is 4.28. The van der Waals surface area contributed by atoms with Gasteiger partial charge in [-0.25, -0.2) is 8.42 Å². The molecule has 0 aromatic heterocycles. The van der Waals surface area contributed by atoms with Crippen molar-refractivity contribution in [1.29, 1.82) is 0 Å². The van der Waals surface area contributed by atoms with Crippen LogP contribution in [0.15, 0.2) is 29.2 Å². The summed E-state index contributed by atoms with van der Waals surface area (Å²) in [7, 11) is -3.87. The van der Waals surface area contributed by atoms with Crippen molar-refractivity contribution >= 4 is 16.0 Å². The third kappa shape index (κ3) is 3.02. The summed E-state index contributed by atoms with van der Waals surface area (Å²) in [5.41, 5.74) is -0.501. The fraction of sp³-hybridized carbons (Fsp3) is 0.533. The molecule has 1 heterocycles. The van der Waals surface area contributed by atoms with Gasteiger partial charge in [-0.15, -0.1) is 0 Å². The summed E-state index contributed by atoms with van der Waals surface area (Å²) in [5, 5.41) is 10.4. The van der Waals surface area contributed by atoms with Gasteiger partial charge in [-0.05, 0) is 39.3 Å². The zero-order chi connectivity index (χ0) is 16.5. The van der Waals surface area contributed by atoms with Crippen molar-refractivity contribution in [2.45, 2.75) is 43.7 Å². The van der Waals surface area contributed by atoms with Crippen LogP contribution >= 0.6 is 0 Å². The lowest BCUT2D eigenvalue weighted by molar-refractivity contribution is -0.152. The van der Waals surface area contributed by atoms with Crippen molar-refractivity contribution in [2.75, 3.05) is 13.2 Å². The molecule has 0 spiro atoms. The third-order valence-corrected chi connectivity index (χ3v) is 5.73. The first-order valence-corrected chi connectivity index (χ1v) is 8.61. The lowest BCUT2D eigenvalue weighted by atomic mass is 9.98. The number of carbonyl (C=O) groups is 1. The molecule has 1 saturated heterocycles. The second-order valence-electron chi connectivity index (χ2n) is 5.69. The van der Waals surface area contributed by atoms with E-state index < -0.39 is 27.6 Å². The monoisotopic (exact) mass is 327 g/mol. The van der Waals surface area contributed by atoms with Gasteiger partial charge in [-0.3, -0.25) is 4.79 Å². The summed E-state index contributed by atoms with van der Waals surface area (Å²) >= 11 is 0. The highest BCUT2D eigenvalue weighted by atomic mass is 32.2. The highest BCUT2D eigenvalue weighted by Crippen LogP contribution is 2.34. The number of esters is 1. The minimum absolute atomic E-state index is 0.0761. The Morgan fingerprint density at radius 2 is 2.00 bits per heavy atom. The van der Waals surface area contributed by atoms with Gasteiger partial charge in [0, 0.05) is 6.54 Å². The molecule has 122 valence electrons. The van der Waals surface area contributed by atoms with Gasteiger partial charge in [0.05, 0.1) is 17.1 Å². The molecule has 1 N–H and O–H groups in total. The van der Waals surface area contributed by atoms with Crippen molar-refractivity contribution in [2.24, 2.45) is 0 Å². The SMILES string of the molecule is CCOC(=O)[C@@H]1N(S(=O)(=O)c2ccc(C)cc2)CC[C@]1(C)O. The molecule has 0 bridgehead atoms. The van der Waals surface area contributed by atoms with E-state index in [1.807, 2.05) is 6.92 Å². The molecule has 0 radical (unpaired) electrons. The maximum absolute atomic E-state index is 12.8. The van der Waals surface area contributed by atoms with Crippen LogP contribution in [-0.4, -0.2) is 48.6 Å². The molecule has 22 heavy (non-hydrogen) atoms. The van der Waals surface area contributed by atoms with Crippen LogP contribution in [-0.2, 0) is 19.6 Å². The van der Waals surface area contributed by atoms with Gasteiger partial charge < -0.3 is 9.84 Å². The fourth-order valence-electron chi connectivity index (χ4n) is 2.61. The number of benzene rings is 1. The zero-order valence-corrected chi connectivity index (χ0v) is 13.8. The molecular weight excluding hydrogens is 306 g/mol. The summed E-state index contributed by atoms with van der Waals surface area (Å²) in [6.45, 7) is 5.16. The number of carbonyl (C=O) groups excluding carboxylic acids is 1. The van der Waals surface area contributed by atoms with E-state index in [1.165, 1.54) is 19.1 Å². The topological polar surface area (TPSA) is 83.9 Å². The molecule has 1 aliphatic heterocycles. The van der Waals surface area contributed by atoms with E-state index in [0.29, 0.717) is 0 Å². The number of hydrogen-bond acceptors (Lipinski definition) is 5. The van der Waals surface area contributed by atoms with E-state index in [9.17, 15) is 18.3 Å². The second-order valence-corrected chi connectivity index (χ2v) is 7.58. The van der Waals surface area contributed by atoms with Crippen LogP contribution in [0, 0.1) is 6.92 Å². The minimum Gasteiger partial charge on any atom is -0.465 e. The summed E-state index contributed by atoms with van der Waals surface area (Å²) in [6, 6.07) is 5.17. The Labute approximate surface area is 130 Å². The van der Waals surface area contributed by atoms with Gasteiger partial charge in [0.2, 0.25) is 10.0 Å². The van der Waals surface area contributed by atoms with Crippen molar-refractivity contribution in [1.82, 2.24) is 4.31 Å². The van der Waals surface area contributed by atoms with Crippen LogP contribution in [0.1, 0.15) is 25.8 Å². The number of hydrogen-bond donors (Lipinski definition) is 1. The van der Waals surface area contributed by atoms with Crippen LogP contribution < -0.4 is 0 Å². The van der Waals surface area contributed by atoms with Gasteiger partial charge in [0.15, 0.2) is 6.04 Å². The normalized spacial score (nSPS) is 26.1. The van der Waals surface area contributed by atoms with Gasteiger partial charge in [-0.1, -0.05) is 17.7 Å². The third-order valence-electron chi connectivity index (χ3n) is 3.85. The number of nitrogens with zero attached hydrogens (tertiary/aromatic N) is 1. The van der Waals surface area contributed by atoms with Crippen molar-refractivity contribution in [3.8, 4) is 0 Å². The average Bonchev–Trinajstić information content (AvgIpc) is 2.76. The number of rotatable bonds is 4. The second kappa shape index (κ2) is 5.98. The minimum atomic E-state index is -3.87. The van der Waals surface area contributed by atoms with E-state index in [0.717, 1.165) is 9.87 Å². The molecule has 7 heteroatoms. The highest BCUT2D eigenvalue weighted by Gasteiger charge is 2.52. The number of aryl methyl sites for hydroxylation is 1. The van der Waals surface area contributed by atoms with Crippen LogP contribution in [0.3, 0.4) is 0 Å². The number of ether oxygens (including phenoxy) is 1. The van der Waals surface area contributed by atoms with Crippen LogP contribution in [0.2, 0.25) is 0 Å². The van der Waals surface area contributed by atoms with E-state index in [2.05, 4.69) is 0 Å². The smallest absolute Gasteiger partial charge is 0.327 e. The highest BCUT2D eigenvalue weighted by molar-refractivity contribution is 7.89. The predicted molar refractivity (Wildman–Crippen MR) is 80.7 cm³/mol. The quantitative estimate of drug-likeness (QED) is 0.836. The Bertz CT molecular complexity index is 651. The molecule has 0 unspecified atom stereocenters. The molecule has 2 rings (SSSR count). The first kappa shape index (κ1) is 16.9. The van der Waals surface area contributed by atoms with E-state index in [-0.39, 0.29) is 24.5 Å². The molecule has 0 saturated carbocycles. The summed E-state index contributed by atoms with van der Waals surface area (Å²) in [4.78, 5) is 12.2. The first-order chi connectivity index (χ1) is 10.2. The van der Waals surface area contributed by atoms with Gasteiger partial charge >= 0.3 is 5.97 Å². The van der Waals surface area contributed by atoms with Crippen LogP contribution in [0.4, 0.5) is 0 Å². The lowest BCUT2D eigenvalue weighted by Gasteiger charge is -2.28. The Morgan fingerprint density at radius 1 is 1.41 bits per heavy atom. The van der Waals surface area contributed by atoms with Gasteiger partial charge in [-0.2, -0.15) is 4.31 Å². The molecule has 1 aromatic rings. The largest absolute Gasteiger partial charge is 0.465 e. The Kier molecular flexibility index (Phi) is 4.60. The van der Waals surface area contributed by atoms with E-state index >= 15 is 0 Å².